The summed E-state index contributed by atoms with van der Waals surface area (Å²) in [7, 11) is 4.57. The summed E-state index contributed by atoms with van der Waals surface area (Å²) < 4.78 is 5.17. The van der Waals surface area contributed by atoms with E-state index >= 15 is 0 Å². The molecule has 2 fully saturated rings. The lowest BCUT2D eigenvalue weighted by Crippen LogP contribution is -2.24. The summed E-state index contributed by atoms with van der Waals surface area (Å²) in [6.07, 6.45) is 0. The molecule has 12 heavy (non-hydrogen) atoms. The van der Waals surface area contributed by atoms with E-state index in [1.807, 2.05) is 0 Å². The Labute approximate surface area is 76.9 Å². The van der Waals surface area contributed by atoms with Crippen molar-refractivity contribution in [3.63, 3.8) is 0 Å². The largest absolute Gasteiger partial charge is 0.365 e. The molecular formula is C9H18NOP. The summed E-state index contributed by atoms with van der Waals surface area (Å²) in [5.74, 6) is 0.777. The fourth-order valence-corrected chi connectivity index (χ4v) is 3.49. The van der Waals surface area contributed by atoms with E-state index in [-0.39, 0.29) is 0 Å². The van der Waals surface area contributed by atoms with Crippen molar-refractivity contribution in [1.82, 2.24) is 4.90 Å². The third kappa shape index (κ3) is 0.865. The van der Waals surface area contributed by atoms with Crippen molar-refractivity contribution < 1.29 is 4.52 Å². The van der Waals surface area contributed by atoms with Gasteiger partial charge in [0, 0.05) is 22.6 Å². The van der Waals surface area contributed by atoms with Crippen molar-refractivity contribution in [3.05, 3.63) is 0 Å². The van der Waals surface area contributed by atoms with Gasteiger partial charge < -0.3 is 9.42 Å². The highest BCUT2D eigenvalue weighted by Crippen LogP contribution is 2.72. The zero-order valence-electron chi connectivity index (χ0n) is 8.13. The minimum atomic E-state index is 0.526. The molecule has 3 unspecified atom stereocenters. The van der Waals surface area contributed by atoms with Gasteiger partial charge in [0.15, 0.2) is 0 Å². The zero-order chi connectivity index (χ0) is 8.98. The summed E-state index contributed by atoms with van der Waals surface area (Å²) in [5, 5.41) is 0. The Morgan fingerprint density at radius 2 is 1.92 bits per heavy atom. The Morgan fingerprint density at radius 1 is 1.42 bits per heavy atom. The molecule has 2 rings (SSSR count). The van der Waals surface area contributed by atoms with Gasteiger partial charge in [0.05, 0.1) is 6.61 Å². The van der Waals surface area contributed by atoms with Crippen LogP contribution in [0.15, 0.2) is 0 Å². The predicted octanol–water partition coefficient (Wildman–Crippen LogP) is 1.38. The van der Waals surface area contributed by atoms with Crippen LogP contribution in [-0.4, -0.2) is 31.6 Å². The number of hydrogen-bond acceptors (Lipinski definition) is 2. The summed E-state index contributed by atoms with van der Waals surface area (Å²) in [5.41, 5.74) is 1.05. The van der Waals surface area contributed by atoms with Crippen LogP contribution in [-0.2, 0) is 4.52 Å². The van der Waals surface area contributed by atoms with Crippen molar-refractivity contribution in [1.29, 1.82) is 0 Å². The third-order valence-electron chi connectivity index (χ3n) is 4.22. The Kier molecular flexibility index (Phi) is 1.81. The van der Waals surface area contributed by atoms with Crippen LogP contribution in [0.2, 0.25) is 0 Å². The molecule has 1 saturated heterocycles. The van der Waals surface area contributed by atoms with Gasteiger partial charge in [-0.1, -0.05) is 13.8 Å². The van der Waals surface area contributed by atoms with Gasteiger partial charge in [0.1, 0.15) is 0 Å². The van der Waals surface area contributed by atoms with Crippen LogP contribution < -0.4 is 0 Å². The molecular weight excluding hydrogens is 169 g/mol. The standard InChI is InChI=1S/C9H18NOP/c1-8-5-10(3)6-9(8,2)7(8)4-11-12/h7H,4-6,12H2,1-3H3. The van der Waals surface area contributed by atoms with Crippen LogP contribution >= 0.6 is 9.47 Å². The molecule has 2 nitrogen and oxygen atoms in total. The van der Waals surface area contributed by atoms with Crippen LogP contribution in [0.5, 0.6) is 0 Å². The number of fused-ring (bicyclic) bond motifs is 1. The normalized spacial score (nSPS) is 52.5. The highest BCUT2D eigenvalue weighted by molar-refractivity contribution is 7.09. The molecule has 1 saturated carbocycles. The first kappa shape index (κ1) is 8.93. The Bertz CT molecular complexity index is 193. The molecule has 0 spiro atoms. The van der Waals surface area contributed by atoms with Crippen LogP contribution in [0.3, 0.4) is 0 Å². The molecule has 0 radical (unpaired) electrons. The fraction of sp³-hybridized carbons (Fsp3) is 1.00. The second-order valence-corrected chi connectivity index (χ2v) is 5.23. The second kappa shape index (κ2) is 2.43. The average molecular weight is 187 g/mol. The smallest absolute Gasteiger partial charge is 0.0542 e. The molecule has 0 bridgehead atoms. The van der Waals surface area contributed by atoms with Crippen LogP contribution in [0.4, 0.5) is 0 Å². The zero-order valence-corrected chi connectivity index (χ0v) is 9.29. The van der Waals surface area contributed by atoms with E-state index in [1.54, 1.807) is 0 Å². The molecule has 1 aliphatic carbocycles. The van der Waals surface area contributed by atoms with Gasteiger partial charge in [0.25, 0.3) is 0 Å². The Balaban J connectivity index is 2.09. The van der Waals surface area contributed by atoms with E-state index in [0.29, 0.717) is 10.8 Å². The number of piperidine rings is 1. The minimum absolute atomic E-state index is 0.526. The lowest BCUT2D eigenvalue weighted by molar-refractivity contribution is 0.240. The molecule has 0 N–H and O–H groups in total. The van der Waals surface area contributed by atoms with Gasteiger partial charge in [0.2, 0.25) is 0 Å². The summed E-state index contributed by atoms with van der Waals surface area (Å²) in [4.78, 5) is 2.43. The topological polar surface area (TPSA) is 12.5 Å². The lowest BCUT2D eigenvalue weighted by Gasteiger charge is -2.17. The van der Waals surface area contributed by atoms with E-state index in [1.165, 1.54) is 13.1 Å². The van der Waals surface area contributed by atoms with Crippen molar-refractivity contribution in [2.24, 2.45) is 16.7 Å². The third-order valence-corrected chi connectivity index (χ3v) is 4.41. The van der Waals surface area contributed by atoms with Gasteiger partial charge in [-0.3, -0.25) is 0 Å². The molecule has 2 aliphatic rings. The van der Waals surface area contributed by atoms with Gasteiger partial charge in [-0.05, 0) is 23.8 Å². The summed E-state index contributed by atoms with van der Waals surface area (Å²) >= 11 is 0. The number of nitrogens with zero attached hydrogens (tertiary/aromatic N) is 1. The van der Waals surface area contributed by atoms with Crippen LogP contribution in [0.25, 0.3) is 0 Å². The Morgan fingerprint density at radius 3 is 2.33 bits per heavy atom. The predicted molar refractivity (Wildman–Crippen MR) is 52.9 cm³/mol. The molecule has 0 aromatic rings. The monoisotopic (exact) mass is 187 g/mol. The van der Waals surface area contributed by atoms with Crippen molar-refractivity contribution >= 4 is 9.47 Å². The first-order chi connectivity index (χ1) is 5.54. The van der Waals surface area contributed by atoms with Gasteiger partial charge in [-0.2, -0.15) is 0 Å². The SMILES string of the molecule is CN1CC2(C)C(COP)C2(C)C1. The van der Waals surface area contributed by atoms with Gasteiger partial charge in [-0.25, -0.2) is 0 Å². The molecule has 0 aromatic heterocycles. The lowest BCUT2D eigenvalue weighted by atomic mass is 10.0. The maximum absolute atomic E-state index is 5.17. The maximum atomic E-state index is 5.17. The summed E-state index contributed by atoms with van der Waals surface area (Å²) in [6, 6.07) is 0. The van der Waals surface area contributed by atoms with E-state index in [9.17, 15) is 0 Å². The molecule has 0 amide bonds. The average Bonchev–Trinajstić information content (AvgIpc) is 2.30. The molecule has 70 valence electrons. The van der Waals surface area contributed by atoms with E-state index in [2.05, 4.69) is 35.3 Å². The molecule has 1 heterocycles. The second-order valence-electron chi connectivity index (χ2n) is 4.89. The number of rotatable bonds is 2. The number of hydrogen-bond donors (Lipinski definition) is 0. The van der Waals surface area contributed by atoms with Crippen LogP contribution in [0.1, 0.15) is 13.8 Å². The van der Waals surface area contributed by atoms with Gasteiger partial charge in [-0.15, -0.1) is 0 Å². The van der Waals surface area contributed by atoms with E-state index in [0.717, 1.165) is 12.5 Å². The quantitative estimate of drug-likeness (QED) is 0.605. The first-order valence-electron chi connectivity index (χ1n) is 4.55. The van der Waals surface area contributed by atoms with Crippen LogP contribution in [0, 0.1) is 16.7 Å². The fourth-order valence-electron chi connectivity index (χ4n) is 3.30. The highest BCUT2D eigenvalue weighted by Gasteiger charge is 2.73. The number of likely N-dealkylation sites (tertiary alicyclic amines) is 1. The van der Waals surface area contributed by atoms with Crippen molar-refractivity contribution in [3.8, 4) is 0 Å². The van der Waals surface area contributed by atoms with Crippen molar-refractivity contribution in [2.45, 2.75) is 13.8 Å². The molecule has 0 aromatic carbocycles. The first-order valence-corrected chi connectivity index (χ1v) is 5.02. The highest BCUT2D eigenvalue weighted by atomic mass is 31.0. The van der Waals surface area contributed by atoms with Gasteiger partial charge >= 0.3 is 0 Å². The minimum Gasteiger partial charge on any atom is -0.365 e. The summed E-state index contributed by atoms with van der Waals surface area (Å²) in [6.45, 7) is 8.17. The van der Waals surface area contributed by atoms with E-state index in [4.69, 9.17) is 4.52 Å². The maximum Gasteiger partial charge on any atom is 0.0542 e. The molecule has 3 atom stereocenters. The Hall–Kier alpha value is 0.350. The molecule has 1 aliphatic heterocycles. The van der Waals surface area contributed by atoms with Crippen molar-refractivity contribution in [2.75, 3.05) is 26.7 Å². The van der Waals surface area contributed by atoms with E-state index < -0.39 is 0 Å². The molecule has 3 heteroatoms.